The highest BCUT2D eigenvalue weighted by Crippen LogP contribution is 2.10. The van der Waals surface area contributed by atoms with Crippen molar-refractivity contribution >= 4 is 46.3 Å². The topological polar surface area (TPSA) is 108 Å². The second-order valence-corrected chi connectivity index (χ2v) is 5.30. The van der Waals surface area contributed by atoms with Crippen molar-refractivity contribution in [3.63, 3.8) is 0 Å². The number of rotatable bonds is 4. The van der Waals surface area contributed by atoms with Crippen LogP contribution in [0.15, 0.2) is 24.3 Å². The molecule has 0 unspecified atom stereocenters. The normalized spacial score (nSPS) is 13.9. The zero-order valence-electron chi connectivity index (χ0n) is 10.7. The summed E-state index contributed by atoms with van der Waals surface area (Å²) in [5, 5.41) is 5.31. The maximum Gasteiger partial charge on any atom is 0.343 e. The Labute approximate surface area is 133 Å². The van der Waals surface area contributed by atoms with E-state index < -0.39 is 23.8 Å². The largest absolute Gasteiger partial charge is 0.343 e. The number of hydrazine groups is 1. The van der Waals surface area contributed by atoms with E-state index in [1.807, 2.05) is 27.9 Å². The van der Waals surface area contributed by atoms with E-state index in [1.54, 1.807) is 24.3 Å². The van der Waals surface area contributed by atoms with Crippen LogP contribution in [0.2, 0.25) is 0 Å². The van der Waals surface area contributed by atoms with Crippen LogP contribution < -0.4 is 16.1 Å². The van der Waals surface area contributed by atoms with Gasteiger partial charge in [0, 0.05) is 3.57 Å². The number of nitrogens with zero attached hydrogens (tertiary/aromatic N) is 1. The van der Waals surface area contributed by atoms with E-state index in [4.69, 9.17) is 0 Å². The van der Waals surface area contributed by atoms with Crippen LogP contribution in [0.3, 0.4) is 0 Å². The summed E-state index contributed by atoms with van der Waals surface area (Å²) < 4.78 is 0.762. The molecule has 21 heavy (non-hydrogen) atoms. The molecule has 3 N–H and O–H groups in total. The van der Waals surface area contributed by atoms with Crippen molar-refractivity contribution in [2.24, 2.45) is 0 Å². The van der Waals surface area contributed by atoms with Gasteiger partial charge in [-0.05, 0) is 34.7 Å². The fourth-order valence-corrected chi connectivity index (χ4v) is 2.26. The van der Waals surface area contributed by atoms with Crippen LogP contribution in [0.4, 0.5) is 4.79 Å². The third-order valence-corrected chi connectivity index (χ3v) is 3.52. The number of benzene rings is 1. The second kappa shape index (κ2) is 6.52. The quantitative estimate of drug-likeness (QED) is 0.471. The molecule has 0 atom stereocenters. The SMILES string of the molecule is O=C1CN(NC(=O)CNC(=O)c2ccccc2I)C(=O)N1. The van der Waals surface area contributed by atoms with Gasteiger partial charge < -0.3 is 5.32 Å². The van der Waals surface area contributed by atoms with Gasteiger partial charge in [0.25, 0.3) is 11.8 Å². The third kappa shape index (κ3) is 3.90. The van der Waals surface area contributed by atoms with Gasteiger partial charge in [0.05, 0.1) is 12.1 Å². The van der Waals surface area contributed by atoms with Gasteiger partial charge in [-0.1, -0.05) is 12.1 Å². The molecule has 5 amide bonds. The molecule has 1 saturated heterocycles. The summed E-state index contributed by atoms with van der Waals surface area (Å²) in [5.74, 6) is -1.49. The van der Waals surface area contributed by atoms with E-state index in [0.29, 0.717) is 5.56 Å². The summed E-state index contributed by atoms with van der Waals surface area (Å²) in [5.41, 5.74) is 2.68. The first kappa shape index (κ1) is 15.2. The van der Waals surface area contributed by atoms with Gasteiger partial charge in [0.1, 0.15) is 6.54 Å². The summed E-state index contributed by atoms with van der Waals surface area (Å²) in [6, 6.07) is 6.24. The first-order valence-electron chi connectivity index (χ1n) is 5.91. The number of carbonyl (C=O) groups is 4. The van der Waals surface area contributed by atoms with Crippen LogP contribution in [0.25, 0.3) is 0 Å². The molecule has 0 radical (unpaired) electrons. The summed E-state index contributed by atoms with van der Waals surface area (Å²) in [6.07, 6.45) is 0. The van der Waals surface area contributed by atoms with Crippen LogP contribution in [0.5, 0.6) is 0 Å². The number of amides is 5. The van der Waals surface area contributed by atoms with Crippen LogP contribution >= 0.6 is 22.6 Å². The predicted octanol–water partition coefficient (Wildman–Crippen LogP) is -0.396. The van der Waals surface area contributed by atoms with E-state index >= 15 is 0 Å². The molecule has 2 rings (SSSR count). The number of hydrogen-bond acceptors (Lipinski definition) is 4. The van der Waals surface area contributed by atoms with Crippen molar-refractivity contribution in [2.75, 3.05) is 13.1 Å². The Morgan fingerprint density at radius 2 is 2.00 bits per heavy atom. The van der Waals surface area contributed by atoms with Gasteiger partial charge in [-0.2, -0.15) is 0 Å². The zero-order chi connectivity index (χ0) is 15.4. The molecule has 1 aliphatic heterocycles. The first-order chi connectivity index (χ1) is 9.97. The van der Waals surface area contributed by atoms with E-state index in [9.17, 15) is 19.2 Å². The molecule has 0 spiro atoms. The molecule has 9 heteroatoms. The average molecular weight is 402 g/mol. The molecule has 0 saturated carbocycles. The van der Waals surface area contributed by atoms with Crippen LogP contribution in [0.1, 0.15) is 10.4 Å². The van der Waals surface area contributed by atoms with Crippen molar-refractivity contribution in [3.05, 3.63) is 33.4 Å². The maximum absolute atomic E-state index is 11.9. The smallest absolute Gasteiger partial charge is 0.343 e. The molecule has 1 aliphatic rings. The molecule has 0 bridgehead atoms. The standard InChI is InChI=1S/C12H11IN4O4/c13-8-4-2-1-3-7(8)11(20)14-5-9(18)16-17-6-10(19)15-12(17)21/h1-4H,5-6H2,(H,14,20)(H,16,18)(H,15,19,21). The number of hydrogen-bond donors (Lipinski definition) is 3. The Bertz CT molecular complexity index is 619. The van der Waals surface area contributed by atoms with Crippen LogP contribution in [-0.4, -0.2) is 41.9 Å². The summed E-state index contributed by atoms with van der Waals surface area (Å²) in [6.45, 7) is -0.545. The van der Waals surface area contributed by atoms with Crippen molar-refractivity contribution in [1.82, 2.24) is 21.1 Å². The molecule has 110 valence electrons. The van der Waals surface area contributed by atoms with E-state index in [2.05, 4.69) is 10.7 Å². The van der Waals surface area contributed by atoms with Gasteiger partial charge in [-0.25, -0.2) is 9.80 Å². The molecule has 0 aliphatic carbocycles. The van der Waals surface area contributed by atoms with Gasteiger partial charge in [0.2, 0.25) is 5.91 Å². The highest BCUT2D eigenvalue weighted by molar-refractivity contribution is 14.1. The van der Waals surface area contributed by atoms with Crippen molar-refractivity contribution in [2.45, 2.75) is 0 Å². The summed E-state index contributed by atoms with van der Waals surface area (Å²) >= 11 is 2.02. The minimum Gasteiger partial charge on any atom is -0.343 e. The number of halogens is 1. The molecule has 1 aromatic carbocycles. The Hall–Kier alpha value is -2.17. The van der Waals surface area contributed by atoms with E-state index in [-0.39, 0.29) is 13.1 Å². The highest BCUT2D eigenvalue weighted by atomic mass is 127. The maximum atomic E-state index is 11.9. The van der Waals surface area contributed by atoms with Crippen molar-refractivity contribution < 1.29 is 19.2 Å². The Kier molecular flexibility index (Phi) is 4.73. The Morgan fingerprint density at radius 1 is 1.29 bits per heavy atom. The minimum atomic E-state index is -0.697. The highest BCUT2D eigenvalue weighted by Gasteiger charge is 2.28. The van der Waals surface area contributed by atoms with Crippen LogP contribution in [-0.2, 0) is 9.59 Å². The second-order valence-electron chi connectivity index (χ2n) is 4.14. The summed E-state index contributed by atoms with van der Waals surface area (Å²) in [4.78, 5) is 45.6. The number of carbonyl (C=O) groups excluding carboxylic acids is 4. The molecule has 0 aromatic heterocycles. The molecule has 8 nitrogen and oxygen atoms in total. The first-order valence-corrected chi connectivity index (χ1v) is 6.99. The van der Waals surface area contributed by atoms with E-state index in [0.717, 1.165) is 8.58 Å². The van der Waals surface area contributed by atoms with Gasteiger partial charge >= 0.3 is 6.03 Å². The zero-order valence-corrected chi connectivity index (χ0v) is 12.8. The van der Waals surface area contributed by atoms with Crippen molar-refractivity contribution in [1.29, 1.82) is 0 Å². The lowest BCUT2D eigenvalue weighted by atomic mass is 10.2. The number of imide groups is 1. The fourth-order valence-electron chi connectivity index (χ4n) is 1.62. The Morgan fingerprint density at radius 3 is 2.62 bits per heavy atom. The Balaban J connectivity index is 1.84. The molecule has 1 heterocycles. The van der Waals surface area contributed by atoms with Crippen LogP contribution in [0, 0.1) is 3.57 Å². The van der Waals surface area contributed by atoms with Gasteiger partial charge in [-0.15, -0.1) is 0 Å². The molecule has 1 aromatic rings. The predicted molar refractivity (Wildman–Crippen MR) is 79.9 cm³/mol. The third-order valence-electron chi connectivity index (χ3n) is 2.58. The summed E-state index contributed by atoms with van der Waals surface area (Å²) in [7, 11) is 0. The van der Waals surface area contributed by atoms with E-state index in [1.165, 1.54) is 0 Å². The average Bonchev–Trinajstić information content (AvgIpc) is 2.74. The number of urea groups is 1. The minimum absolute atomic E-state index is 0.241. The lowest BCUT2D eigenvalue weighted by Crippen LogP contribution is -2.48. The van der Waals surface area contributed by atoms with Gasteiger partial charge in [-0.3, -0.25) is 25.1 Å². The fraction of sp³-hybridized carbons (Fsp3) is 0.167. The molecular formula is C12H11IN4O4. The number of nitrogens with one attached hydrogen (secondary N) is 3. The van der Waals surface area contributed by atoms with Gasteiger partial charge in [0.15, 0.2) is 0 Å². The van der Waals surface area contributed by atoms with Crippen molar-refractivity contribution in [3.8, 4) is 0 Å². The lowest BCUT2D eigenvalue weighted by molar-refractivity contribution is -0.124. The molecular weight excluding hydrogens is 391 g/mol. The monoisotopic (exact) mass is 402 g/mol. The molecule has 1 fully saturated rings. The lowest BCUT2D eigenvalue weighted by Gasteiger charge is -2.14.